The van der Waals surface area contributed by atoms with Crippen LogP contribution in [0.2, 0.25) is 0 Å². The van der Waals surface area contributed by atoms with Gasteiger partial charge in [0, 0.05) is 18.5 Å². The Morgan fingerprint density at radius 1 is 1.15 bits per heavy atom. The van der Waals surface area contributed by atoms with E-state index in [4.69, 9.17) is 4.52 Å². The lowest BCUT2D eigenvalue weighted by atomic mass is 10.0. The Morgan fingerprint density at radius 3 is 2.69 bits per heavy atom. The van der Waals surface area contributed by atoms with Crippen molar-refractivity contribution < 1.29 is 13.7 Å². The molecule has 138 valence electrons. The molecular weight excluding hydrogens is 333 g/mol. The number of carbonyl (C=O) groups excluding carboxylic acids is 1. The molecular formula is C20H24FN3O2. The van der Waals surface area contributed by atoms with E-state index in [1.807, 2.05) is 4.90 Å². The lowest BCUT2D eigenvalue weighted by Gasteiger charge is -2.22. The summed E-state index contributed by atoms with van der Waals surface area (Å²) in [6.07, 6.45) is 8.54. The van der Waals surface area contributed by atoms with Crippen molar-refractivity contribution in [1.82, 2.24) is 15.0 Å². The zero-order chi connectivity index (χ0) is 17.9. The predicted molar refractivity (Wildman–Crippen MR) is 94.6 cm³/mol. The largest absolute Gasteiger partial charge is 0.337 e. The number of hydrogen-bond acceptors (Lipinski definition) is 4. The van der Waals surface area contributed by atoms with Gasteiger partial charge in [0.15, 0.2) is 0 Å². The van der Waals surface area contributed by atoms with Gasteiger partial charge in [0.05, 0.1) is 0 Å². The van der Waals surface area contributed by atoms with Crippen LogP contribution in [0.4, 0.5) is 4.39 Å². The molecule has 1 saturated carbocycles. The molecule has 4 rings (SSSR count). The third-order valence-electron chi connectivity index (χ3n) is 5.64. The van der Waals surface area contributed by atoms with Crippen LogP contribution < -0.4 is 0 Å². The van der Waals surface area contributed by atoms with Crippen LogP contribution in [-0.2, 0) is 4.79 Å². The van der Waals surface area contributed by atoms with Crippen molar-refractivity contribution in [2.45, 2.75) is 57.4 Å². The van der Waals surface area contributed by atoms with E-state index >= 15 is 0 Å². The smallest absolute Gasteiger partial charge is 0.249 e. The van der Waals surface area contributed by atoms with Gasteiger partial charge in [0.25, 0.3) is 0 Å². The summed E-state index contributed by atoms with van der Waals surface area (Å²) in [5, 5.41) is 4.02. The van der Waals surface area contributed by atoms with Gasteiger partial charge in [-0.05, 0) is 49.4 Å². The number of hydrogen-bond donors (Lipinski definition) is 0. The van der Waals surface area contributed by atoms with Gasteiger partial charge in [-0.3, -0.25) is 4.79 Å². The first-order chi connectivity index (χ1) is 12.7. The second-order valence-corrected chi connectivity index (χ2v) is 7.40. The molecule has 0 spiro atoms. The van der Waals surface area contributed by atoms with Crippen LogP contribution >= 0.6 is 0 Å². The number of rotatable bonds is 5. The second kappa shape index (κ2) is 7.56. The van der Waals surface area contributed by atoms with Crippen molar-refractivity contribution in [1.29, 1.82) is 0 Å². The number of amides is 1. The molecule has 1 aliphatic carbocycles. The molecule has 1 aromatic heterocycles. The maximum atomic E-state index is 13.1. The third-order valence-corrected chi connectivity index (χ3v) is 5.64. The molecule has 2 fully saturated rings. The van der Waals surface area contributed by atoms with Crippen molar-refractivity contribution in [2.75, 3.05) is 6.54 Å². The fourth-order valence-corrected chi connectivity index (χ4v) is 4.18. The highest BCUT2D eigenvalue weighted by atomic mass is 19.1. The van der Waals surface area contributed by atoms with Crippen LogP contribution in [0.3, 0.4) is 0 Å². The van der Waals surface area contributed by atoms with Crippen LogP contribution in [0.5, 0.6) is 0 Å². The van der Waals surface area contributed by atoms with Crippen molar-refractivity contribution >= 4 is 5.91 Å². The lowest BCUT2D eigenvalue weighted by Crippen LogP contribution is -2.30. The molecule has 1 aliphatic heterocycles. The summed E-state index contributed by atoms with van der Waals surface area (Å²) in [7, 11) is 0. The Morgan fingerprint density at radius 2 is 1.92 bits per heavy atom. The van der Waals surface area contributed by atoms with Crippen LogP contribution in [0.15, 0.2) is 28.8 Å². The van der Waals surface area contributed by atoms with E-state index in [-0.39, 0.29) is 17.8 Å². The van der Waals surface area contributed by atoms with E-state index in [1.54, 1.807) is 12.1 Å². The van der Waals surface area contributed by atoms with Crippen molar-refractivity contribution in [3.63, 3.8) is 0 Å². The molecule has 5 nitrogen and oxygen atoms in total. The molecule has 0 unspecified atom stereocenters. The van der Waals surface area contributed by atoms with Gasteiger partial charge in [0.1, 0.15) is 11.9 Å². The molecule has 2 aromatic rings. The Bertz CT molecular complexity index is 753. The zero-order valence-electron chi connectivity index (χ0n) is 14.9. The molecule has 0 radical (unpaired) electrons. The first-order valence-corrected chi connectivity index (χ1v) is 9.60. The molecule has 6 heteroatoms. The van der Waals surface area contributed by atoms with Crippen molar-refractivity contribution in [2.24, 2.45) is 5.92 Å². The molecule has 2 heterocycles. The molecule has 26 heavy (non-hydrogen) atoms. The summed E-state index contributed by atoms with van der Waals surface area (Å²) in [5.41, 5.74) is 0.707. The molecule has 1 saturated heterocycles. The quantitative estimate of drug-likeness (QED) is 0.790. The Kier molecular flexibility index (Phi) is 5.00. The first kappa shape index (κ1) is 17.2. The van der Waals surface area contributed by atoms with Gasteiger partial charge in [-0.25, -0.2) is 4.39 Å². The Labute approximate surface area is 152 Å². The summed E-state index contributed by atoms with van der Waals surface area (Å²) in [5.74, 6) is 1.53. The van der Waals surface area contributed by atoms with Gasteiger partial charge in [-0.1, -0.05) is 30.8 Å². The number of likely N-dealkylation sites (tertiary alicyclic amines) is 1. The molecule has 1 atom stereocenters. The zero-order valence-corrected chi connectivity index (χ0v) is 14.9. The lowest BCUT2D eigenvalue weighted by molar-refractivity contribution is -0.132. The van der Waals surface area contributed by atoms with Gasteiger partial charge in [-0.2, -0.15) is 4.98 Å². The molecule has 2 aliphatic rings. The van der Waals surface area contributed by atoms with Gasteiger partial charge >= 0.3 is 0 Å². The number of aromatic nitrogens is 2. The predicted octanol–water partition coefficient (Wildman–Crippen LogP) is 4.51. The molecule has 0 N–H and O–H groups in total. The minimum Gasteiger partial charge on any atom is -0.337 e. The highest BCUT2D eigenvalue weighted by Crippen LogP contribution is 2.34. The standard InChI is InChI=1S/C20H24FN3O2/c21-16-10-8-15(9-11-16)19-22-20(26-23-19)17-6-3-13-24(17)18(25)12-7-14-4-1-2-5-14/h8-11,14,17H,1-7,12-13H2/t17-/m0/s1. The fourth-order valence-electron chi connectivity index (χ4n) is 4.18. The van der Waals surface area contributed by atoms with Crippen LogP contribution in [-0.4, -0.2) is 27.5 Å². The maximum absolute atomic E-state index is 13.1. The summed E-state index contributed by atoms with van der Waals surface area (Å²) in [4.78, 5) is 19.1. The van der Waals surface area contributed by atoms with E-state index in [0.717, 1.165) is 25.8 Å². The summed E-state index contributed by atoms with van der Waals surface area (Å²) >= 11 is 0. The Hall–Kier alpha value is -2.24. The summed E-state index contributed by atoms with van der Waals surface area (Å²) in [6.45, 7) is 0.752. The fraction of sp³-hybridized carbons (Fsp3) is 0.550. The summed E-state index contributed by atoms with van der Waals surface area (Å²) < 4.78 is 18.5. The van der Waals surface area contributed by atoms with E-state index in [9.17, 15) is 9.18 Å². The number of nitrogens with zero attached hydrogens (tertiary/aromatic N) is 3. The highest BCUT2D eigenvalue weighted by molar-refractivity contribution is 5.77. The van der Waals surface area contributed by atoms with E-state index < -0.39 is 0 Å². The molecule has 1 amide bonds. The SMILES string of the molecule is O=C(CCC1CCCC1)N1CCC[C@H]1c1nc(-c2ccc(F)cc2)no1. The first-order valence-electron chi connectivity index (χ1n) is 9.60. The average Bonchev–Trinajstić information content (AvgIpc) is 3.40. The normalized spacial score (nSPS) is 20.8. The van der Waals surface area contributed by atoms with E-state index in [1.165, 1.54) is 37.8 Å². The van der Waals surface area contributed by atoms with Crippen molar-refractivity contribution in [3.8, 4) is 11.4 Å². The van der Waals surface area contributed by atoms with Gasteiger partial charge < -0.3 is 9.42 Å². The number of benzene rings is 1. The number of carbonyl (C=O) groups is 1. The minimum atomic E-state index is -0.299. The van der Waals surface area contributed by atoms with Crippen LogP contribution in [0.1, 0.15) is 63.3 Å². The van der Waals surface area contributed by atoms with Gasteiger partial charge in [-0.15, -0.1) is 0 Å². The van der Waals surface area contributed by atoms with Crippen molar-refractivity contribution in [3.05, 3.63) is 36.0 Å². The van der Waals surface area contributed by atoms with E-state index in [0.29, 0.717) is 29.6 Å². The maximum Gasteiger partial charge on any atom is 0.249 e. The monoisotopic (exact) mass is 357 g/mol. The topological polar surface area (TPSA) is 59.2 Å². The summed E-state index contributed by atoms with van der Waals surface area (Å²) in [6, 6.07) is 5.87. The van der Waals surface area contributed by atoms with E-state index in [2.05, 4.69) is 10.1 Å². The van der Waals surface area contributed by atoms with Crippen LogP contribution in [0, 0.1) is 11.7 Å². The second-order valence-electron chi connectivity index (χ2n) is 7.40. The Balaban J connectivity index is 1.42. The molecule has 0 bridgehead atoms. The van der Waals surface area contributed by atoms with Crippen LogP contribution in [0.25, 0.3) is 11.4 Å². The minimum absolute atomic E-state index is 0.132. The average molecular weight is 357 g/mol. The van der Waals surface area contributed by atoms with Gasteiger partial charge in [0.2, 0.25) is 17.6 Å². The third kappa shape index (κ3) is 3.64. The highest BCUT2D eigenvalue weighted by Gasteiger charge is 2.34. The molecule has 1 aromatic carbocycles. The number of halogens is 1.